The van der Waals surface area contributed by atoms with Crippen molar-refractivity contribution in [2.24, 2.45) is 0 Å². The summed E-state index contributed by atoms with van der Waals surface area (Å²) in [6.07, 6.45) is 0.872. The molecule has 9 heteroatoms. The van der Waals surface area contributed by atoms with E-state index >= 15 is 0 Å². The van der Waals surface area contributed by atoms with Gasteiger partial charge in [0.05, 0.1) is 18.8 Å². The lowest BCUT2D eigenvalue weighted by atomic mass is 10.1. The monoisotopic (exact) mass is 409 g/mol. The molecular formula is C20H26F3N5O. The quantitative estimate of drug-likeness (QED) is 0.767. The van der Waals surface area contributed by atoms with Gasteiger partial charge < -0.3 is 4.74 Å². The molecule has 2 atom stereocenters. The summed E-state index contributed by atoms with van der Waals surface area (Å²) in [5, 5.41) is 4.55. The standard InChI is InChI=1S/C20H26F3N5O/c1-13(2)28-19(14-3-4-17(10-14)27-5-7-29-8-6-27)25-18(26-28)15-9-16(12-24-11-15)20(21,22)23/h9,11-14,17H,3-8,10H2,1-2H3/t14-,17-/m0/s1. The van der Waals surface area contributed by atoms with Crippen molar-refractivity contribution < 1.29 is 17.9 Å². The molecule has 4 rings (SSSR count). The number of halogens is 3. The van der Waals surface area contributed by atoms with E-state index in [0.29, 0.717) is 17.4 Å². The molecule has 2 aromatic heterocycles. The minimum absolute atomic E-state index is 0.0763. The third-order valence-corrected chi connectivity index (χ3v) is 5.80. The molecule has 6 nitrogen and oxygen atoms in total. The van der Waals surface area contributed by atoms with Crippen LogP contribution in [-0.4, -0.2) is 57.0 Å². The molecule has 0 unspecified atom stereocenters. The Balaban J connectivity index is 1.59. The van der Waals surface area contributed by atoms with Crippen LogP contribution in [0.25, 0.3) is 11.4 Å². The maximum Gasteiger partial charge on any atom is 0.417 e. The number of morpholine rings is 1. The average Bonchev–Trinajstić information content (AvgIpc) is 3.35. The first kappa shape index (κ1) is 20.3. The van der Waals surface area contributed by atoms with Gasteiger partial charge in [-0.1, -0.05) is 0 Å². The second kappa shape index (κ2) is 8.02. The molecule has 0 bridgehead atoms. The summed E-state index contributed by atoms with van der Waals surface area (Å²) in [5.41, 5.74) is -0.492. The summed E-state index contributed by atoms with van der Waals surface area (Å²) in [6.45, 7) is 7.48. The first-order valence-electron chi connectivity index (χ1n) is 10.1. The summed E-state index contributed by atoms with van der Waals surface area (Å²) in [6, 6.07) is 1.65. The number of aromatic nitrogens is 4. The summed E-state index contributed by atoms with van der Waals surface area (Å²) in [7, 11) is 0. The maximum absolute atomic E-state index is 13.1. The molecule has 3 heterocycles. The number of ether oxygens (including phenoxy) is 1. The molecule has 1 aliphatic heterocycles. The minimum Gasteiger partial charge on any atom is -0.379 e. The van der Waals surface area contributed by atoms with E-state index in [1.165, 1.54) is 6.20 Å². The van der Waals surface area contributed by atoms with Gasteiger partial charge in [-0.25, -0.2) is 9.67 Å². The topological polar surface area (TPSA) is 56.1 Å². The smallest absolute Gasteiger partial charge is 0.379 e. The lowest BCUT2D eigenvalue weighted by Gasteiger charge is -2.32. The molecule has 0 amide bonds. The Hall–Kier alpha value is -2.00. The van der Waals surface area contributed by atoms with Crippen molar-refractivity contribution in [3.05, 3.63) is 29.8 Å². The SMILES string of the molecule is CC(C)n1nc(-c2cncc(C(F)(F)F)c2)nc1[C@H]1CC[C@H](N2CCOCC2)C1. The normalized spacial score (nSPS) is 23.8. The van der Waals surface area contributed by atoms with Gasteiger partial charge in [-0.2, -0.15) is 18.3 Å². The lowest BCUT2D eigenvalue weighted by Crippen LogP contribution is -2.42. The Bertz CT molecular complexity index is 845. The molecular weight excluding hydrogens is 383 g/mol. The number of nitrogens with zero attached hydrogens (tertiary/aromatic N) is 5. The average molecular weight is 409 g/mol. The highest BCUT2D eigenvalue weighted by molar-refractivity contribution is 5.54. The Labute approximate surface area is 168 Å². The van der Waals surface area contributed by atoms with Gasteiger partial charge in [0.25, 0.3) is 0 Å². The predicted octanol–water partition coefficient (Wildman–Crippen LogP) is 3.91. The second-order valence-electron chi connectivity index (χ2n) is 8.10. The Kier molecular flexibility index (Phi) is 5.61. The molecule has 0 aromatic carbocycles. The number of hydrogen-bond acceptors (Lipinski definition) is 5. The molecule has 0 spiro atoms. The van der Waals surface area contributed by atoms with E-state index in [9.17, 15) is 13.2 Å². The fraction of sp³-hybridized carbons (Fsp3) is 0.650. The van der Waals surface area contributed by atoms with E-state index in [2.05, 4.69) is 20.0 Å². The summed E-state index contributed by atoms with van der Waals surface area (Å²) in [5.74, 6) is 1.43. The molecule has 29 heavy (non-hydrogen) atoms. The van der Waals surface area contributed by atoms with Gasteiger partial charge in [-0.15, -0.1) is 0 Å². The van der Waals surface area contributed by atoms with Crippen LogP contribution in [0.3, 0.4) is 0 Å². The zero-order chi connectivity index (χ0) is 20.6. The number of hydrogen-bond donors (Lipinski definition) is 0. The minimum atomic E-state index is -4.44. The zero-order valence-electron chi connectivity index (χ0n) is 16.7. The summed E-state index contributed by atoms with van der Waals surface area (Å²) < 4.78 is 46.5. The molecule has 0 N–H and O–H groups in total. The molecule has 2 aliphatic rings. The molecule has 1 saturated carbocycles. The van der Waals surface area contributed by atoms with Crippen LogP contribution in [0, 0.1) is 0 Å². The molecule has 0 radical (unpaired) electrons. The fourth-order valence-electron chi connectivity index (χ4n) is 4.30. The van der Waals surface area contributed by atoms with Crippen molar-refractivity contribution in [1.82, 2.24) is 24.6 Å². The van der Waals surface area contributed by atoms with Crippen molar-refractivity contribution >= 4 is 0 Å². The summed E-state index contributed by atoms with van der Waals surface area (Å²) >= 11 is 0. The summed E-state index contributed by atoms with van der Waals surface area (Å²) in [4.78, 5) is 10.9. The van der Waals surface area contributed by atoms with Gasteiger partial charge in [0, 0.05) is 49.0 Å². The van der Waals surface area contributed by atoms with Gasteiger partial charge in [-0.3, -0.25) is 9.88 Å². The van der Waals surface area contributed by atoms with E-state index in [4.69, 9.17) is 4.74 Å². The number of alkyl halides is 3. The van der Waals surface area contributed by atoms with Crippen molar-refractivity contribution in [1.29, 1.82) is 0 Å². The first-order chi connectivity index (χ1) is 13.8. The Morgan fingerprint density at radius 3 is 2.59 bits per heavy atom. The fourth-order valence-corrected chi connectivity index (χ4v) is 4.30. The van der Waals surface area contributed by atoms with Crippen molar-refractivity contribution in [3.63, 3.8) is 0 Å². The van der Waals surface area contributed by atoms with Crippen LogP contribution in [0.2, 0.25) is 0 Å². The van der Waals surface area contributed by atoms with E-state index in [1.807, 2.05) is 18.5 Å². The van der Waals surface area contributed by atoms with Crippen molar-refractivity contribution in [3.8, 4) is 11.4 Å². The van der Waals surface area contributed by atoms with Crippen LogP contribution in [0.4, 0.5) is 13.2 Å². The van der Waals surface area contributed by atoms with Gasteiger partial charge >= 0.3 is 6.18 Å². The van der Waals surface area contributed by atoms with Crippen LogP contribution in [0.5, 0.6) is 0 Å². The van der Waals surface area contributed by atoms with Crippen LogP contribution in [-0.2, 0) is 10.9 Å². The van der Waals surface area contributed by atoms with Crippen molar-refractivity contribution in [2.45, 2.75) is 57.3 Å². The van der Waals surface area contributed by atoms with Gasteiger partial charge in [-0.05, 0) is 39.2 Å². The van der Waals surface area contributed by atoms with Crippen LogP contribution >= 0.6 is 0 Å². The van der Waals surface area contributed by atoms with Crippen LogP contribution in [0.1, 0.15) is 56.5 Å². The van der Waals surface area contributed by atoms with E-state index < -0.39 is 11.7 Å². The second-order valence-corrected chi connectivity index (χ2v) is 8.10. The number of pyridine rings is 1. The highest BCUT2D eigenvalue weighted by Crippen LogP contribution is 2.38. The third-order valence-electron chi connectivity index (χ3n) is 5.80. The molecule has 158 valence electrons. The predicted molar refractivity (Wildman–Crippen MR) is 101 cm³/mol. The zero-order valence-corrected chi connectivity index (χ0v) is 16.7. The van der Waals surface area contributed by atoms with Crippen LogP contribution < -0.4 is 0 Å². The van der Waals surface area contributed by atoms with E-state index in [1.54, 1.807) is 0 Å². The molecule has 2 aromatic rings. The molecule has 2 fully saturated rings. The highest BCUT2D eigenvalue weighted by atomic mass is 19.4. The van der Waals surface area contributed by atoms with E-state index in [0.717, 1.165) is 63.7 Å². The third kappa shape index (κ3) is 4.30. The van der Waals surface area contributed by atoms with Gasteiger partial charge in [0.2, 0.25) is 0 Å². The van der Waals surface area contributed by atoms with Crippen LogP contribution in [0.15, 0.2) is 18.5 Å². The maximum atomic E-state index is 13.1. The van der Waals surface area contributed by atoms with Gasteiger partial charge in [0.15, 0.2) is 5.82 Å². The lowest BCUT2D eigenvalue weighted by molar-refractivity contribution is -0.137. The van der Waals surface area contributed by atoms with Gasteiger partial charge in [0.1, 0.15) is 5.82 Å². The largest absolute Gasteiger partial charge is 0.417 e. The molecule has 1 saturated heterocycles. The van der Waals surface area contributed by atoms with E-state index in [-0.39, 0.29) is 12.0 Å². The Morgan fingerprint density at radius 1 is 1.14 bits per heavy atom. The highest BCUT2D eigenvalue weighted by Gasteiger charge is 2.35. The molecule has 1 aliphatic carbocycles. The number of rotatable bonds is 4. The van der Waals surface area contributed by atoms with Crippen molar-refractivity contribution in [2.75, 3.05) is 26.3 Å². The Morgan fingerprint density at radius 2 is 1.90 bits per heavy atom. The first-order valence-corrected chi connectivity index (χ1v) is 10.1.